The van der Waals surface area contributed by atoms with Crippen molar-refractivity contribution in [2.24, 2.45) is 0 Å². The van der Waals surface area contributed by atoms with Gasteiger partial charge in [-0.1, -0.05) is 30.3 Å². The number of hydrogen-bond acceptors (Lipinski definition) is 4. The van der Waals surface area contributed by atoms with Crippen molar-refractivity contribution in [3.8, 4) is 0 Å². The van der Waals surface area contributed by atoms with Crippen LogP contribution in [0.5, 0.6) is 0 Å². The number of carbonyl (C=O) groups is 2. The summed E-state index contributed by atoms with van der Waals surface area (Å²) in [5, 5.41) is 12.1. The lowest BCUT2D eigenvalue weighted by Gasteiger charge is -2.22. The zero-order valence-corrected chi connectivity index (χ0v) is 14.9. The number of carboxylic acid groups (broad SMARTS) is 1. The fourth-order valence-electron chi connectivity index (χ4n) is 3.05. The highest BCUT2D eigenvalue weighted by atomic mass is 16.5. The van der Waals surface area contributed by atoms with Gasteiger partial charge in [-0.25, -0.2) is 9.59 Å². The van der Waals surface area contributed by atoms with Crippen LogP contribution in [0.2, 0.25) is 0 Å². The lowest BCUT2D eigenvalue weighted by Crippen LogP contribution is -2.46. The summed E-state index contributed by atoms with van der Waals surface area (Å²) in [6.07, 6.45) is 0.914. The second-order valence-corrected chi connectivity index (χ2v) is 6.41. The van der Waals surface area contributed by atoms with E-state index in [4.69, 9.17) is 4.74 Å². The van der Waals surface area contributed by atoms with Gasteiger partial charge in [0.05, 0.1) is 6.10 Å². The second-order valence-electron chi connectivity index (χ2n) is 6.41. The molecule has 0 bridgehead atoms. The van der Waals surface area contributed by atoms with Crippen molar-refractivity contribution in [1.82, 2.24) is 15.1 Å². The molecule has 7 nitrogen and oxygen atoms in total. The van der Waals surface area contributed by atoms with Gasteiger partial charge in [0, 0.05) is 33.2 Å². The summed E-state index contributed by atoms with van der Waals surface area (Å²) in [5.74, 6) is -0.989. The Bertz CT molecular complexity index is 567. The largest absolute Gasteiger partial charge is 0.480 e. The number of carboxylic acids is 1. The van der Waals surface area contributed by atoms with E-state index in [1.54, 1.807) is 0 Å². The van der Waals surface area contributed by atoms with Gasteiger partial charge in [-0.2, -0.15) is 0 Å². The van der Waals surface area contributed by atoms with Crippen molar-refractivity contribution in [3.05, 3.63) is 35.9 Å². The third kappa shape index (κ3) is 5.72. The van der Waals surface area contributed by atoms with Crippen molar-refractivity contribution in [3.63, 3.8) is 0 Å². The maximum atomic E-state index is 12.2. The number of aliphatic carboxylic acids is 1. The molecule has 0 aliphatic carbocycles. The maximum Gasteiger partial charge on any atom is 0.326 e. The molecule has 0 saturated carbocycles. The van der Waals surface area contributed by atoms with E-state index in [-0.39, 0.29) is 12.1 Å². The molecule has 1 saturated heterocycles. The minimum Gasteiger partial charge on any atom is -0.480 e. The molecule has 25 heavy (non-hydrogen) atoms. The third-order valence-electron chi connectivity index (χ3n) is 4.43. The van der Waals surface area contributed by atoms with E-state index in [1.165, 1.54) is 17.6 Å². The molecule has 138 valence electrons. The zero-order valence-electron chi connectivity index (χ0n) is 14.9. The molecule has 1 aromatic rings. The smallest absolute Gasteiger partial charge is 0.326 e. The number of ether oxygens (including phenoxy) is 1. The lowest BCUT2D eigenvalue weighted by atomic mass is 10.2. The molecule has 2 unspecified atom stereocenters. The highest BCUT2D eigenvalue weighted by Gasteiger charge is 2.39. The first kappa shape index (κ1) is 19.2. The van der Waals surface area contributed by atoms with Gasteiger partial charge >= 0.3 is 12.0 Å². The first-order valence-electron chi connectivity index (χ1n) is 8.53. The summed E-state index contributed by atoms with van der Waals surface area (Å²) in [7, 11) is 3.58. The van der Waals surface area contributed by atoms with E-state index >= 15 is 0 Å². The van der Waals surface area contributed by atoms with Crippen molar-refractivity contribution >= 4 is 12.0 Å². The number of amides is 2. The molecular weight excluding hydrogens is 322 g/mol. The highest BCUT2D eigenvalue weighted by Crippen LogP contribution is 2.20. The van der Waals surface area contributed by atoms with Crippen LogP contribution in [0, 0.1) is 0 Å². The standard InChI is InChI=1S/C18H27N3O4/c1-20(12-14-7-4-3-5-8-14)10-6-9-19-18(24)21-13-15(25-2)11-16(21)17(22)23/h3-5,7-8,15-16H,6,9-13H2,1-2H3,(H,19,24)(H,22,23). The first-order chi connectivity index (χ1) is 12.0. The van der Waals surface area contributed by atoms with Gasteiger partial charge in [0.2, 0.25) is 0 Å². The van der Waals surface area contributed by atoms with Crippen molar-refractivity contribution in [1.29, 1.82) is 0 Å². The predicted octanol–water partition coefficient (Wildman–Crippen LogP) is 1.39. The summed E-state index contributed by atoms with van der Waals surface area (Å²) in [6.45, 7) is 2.53. The summed E-state index contributed by atoms with van der Waals surface area (Å²) >= 11 is 0. The van der Waals surface area contributed by atoms with E-state index in [0.29, 0.717) is 19.5 Å². The maximum absolute atomic E-state index is 12.2. The molecule has 0 radical (unpaired) electrons. The van der Waals surface area contributed by atoms with Crippen LogP contribution >= 0.6 is 0 Å². The van der Waals surface area contributed by atoms with Gasteiger partial charge in [0.1, 0.15) is 6.04 Å². The number of likely N-dealkylation sites (tertiary alicyclic amines) is 1. The van der Waals surface area contributed by atoms with E-state index in [2.05, 4.69) is 22.3 Å². The normalized spacial score (nSPS) is 20.0. The van der Waals surface area contributed by atoms with E-state index in [1.807, 2.05) is 25.2 Å². The molecule has 2 amide bonds. The van der Waals surface area contributed by atoms with Gasteiger partial charge in [0.25, 0.3) is 0 Å². The summed E-state index contributed by atoms with van der Waals surface area (Å²) in [4.78, 5) is 27.1. The van der Waals surface area contributed by atoms with Crippen LogP contribution in [0.25, 0.3) is 0 Å². The van der Waals surface area contributed by atoms with Crippen LogP contribution in [0.3, 0.4) is 0 Å². The SMILES string of the molecule is COC1CC(C(=O)O)N(C(=O)NCCCN(C)Cc2ccccc2)C1. The van der Waals surface area contributed by atoms with Gasteiger partial charge in [-0.05, 0) is 25.6 Å². The van der Waals surface area contributed by atoms with Crippen molar-refractivity contribution in [2.45, 2.75) is 31.5 Å². The highest BCUT2D eigenvalue weighted by molar-refractivity contribution is 5.83. The molecule has 2 rings (SSSR count). The Hall–Kier alpha value is -2.12. The van der Waals surface area contributed by atoms with E-state index in [9.17, 15) is 14.7 Å². The second kappa shape index (κ2) is 9.39. The van der Waals surface area contributed by atoms with Crippen LogP contribution in [0.15, 0.2) is 30.3 Å². The molecular formula is C18H27N3O4. The zero-order chi connectivity index (χ0) is 18.2. The Kier molecular flexibility index (Phi) is 7.21. The first-order valence-corrected chi connectivity index (χ1v) is 8.53. The molecule has 1 aliphatic rings. The molecule has 7 heteroatoms. The quantitative estimate of drug-likeness (QED) is 0.693. The number of carbonyl (C=O) groups excluding carboxylic acids is 1. The van der Waals surface area contributed by atoms with Gasteiger partial charge < -0.3 is 25.0 Å². The van der Waals surface area contributed by atoms with Crippen LogP contribution < -0.4 is 5.32 Å². The summed E-state index contributed by atoms with van der Waals surface area (Å²) in [6, 6.07) is 9.06. The fraction of sp³-hybridized carbons (Fsp3) is 0.556. The average molecular weight is 349 g/mol. The fourth-order valence-corrected chi connectivity index (χ4v) is 3.05. The molecule has 1 fully saturated rings. The third-order valence-corrected chi connectivity index (χ3v) is 4.43. The summed E-state index contributed by atoms with van der Waals surface area (Å²) in [5.41, 5.74) is 1.25. The van der Waals surface area contributed by atoms with Crippen molar-refractivity contribution in [2.75, 3.05) is 33.8 Å². The van der Waals surface area contributed by atoms with Crippen LogP contribution in [0.4, 0.5) is 4.79 Å². The van der Waals surface area contributed by atoms with E-state index < -0.39 is 12.0 Å². The number of benzene rings is 1. The number of urea groups is 1. The van der Waals surface area contributed by atoms with Crippen molar-refractivity contribution < 1.29 is 19.4 Å². The minimum absolute atomic E-state index is 0.219. The number of nitrogens with one attached hydrogen (secondary N) is 1. The Morgan fingerprint density at radius 2 is 2.08 bits per heavy atom. The topological polar surface area (TPSA) is 82.1 Å². The number of methoxy groups -OCH3 is 1. The van der Waals surface area contributed by atoms with Gasteiger partial charge in [0.15, 0.2) is 0 Å². The molecule has 1 aliphatic heterocycles. The summed E-state index contributed by atoms with van der Waals surface area (Å²) < 4.78 is 5.19. The predicted molar refractivity (Wildman–Crippen MR) is 94.3 cm³/mol. The van der Waals surface area contributed by atoms with E-state index in [0.717, 1.165) is 19.5 Å². The molecule has 1 aromatic carbocycles. The monoisotopic (exact) mass is 349 g/mol. The van der Waals surface area contributed by atoms with Gasteiger partial charge in [-0.3, -0.25) is 0 Å². The molecule has 2 atom stereocenters. The van der Waals surface area contributed by atoms with Crippen LogP contribution in [-0.2, 0) is 16.1 Å². The number of nitrogens with zero attached hydrogens (tertiary/aromatic N) is 2. The van der Waals surface area contributed by atoms with Crippen LogP contribution in [0.1, 0.15) is 18.4 Å². The Labute approximate surface area is 148 Å². The number of hydrogen-bond donors (Lipinski definition) is 2. The van der Waals surface area contributed by atoms with Crippen LogP contribution in [-0.4, -0.2) is 72.8 Å². The molecule has 0 aromatic heterocycles. The lowest BCUT2D eigenvalue weighted by molar-refractivity contribution is -0.141. The minimum atomic E-state index is -0.989. The Balaban J connectivity index is 1.70. The average Bonchev–Trinajstić information content (AvgIpc) is 3.04. The Morgan fingerprint density at radius 1 is 1.36 bits per heavy atom. The Morgan fingerprint density at radius 3 is 2.72 bits per heavy atom. The van der Waals surface area contributed by atoms with Gasteiger partial charge in [-0.15, -0.1) is 0 Å². The molecule has 1 heterocycles. The number of rotatable bonds is 8. The molecule has 2 N–H and O–H groups in total. The molecule has 0 spiro atoms.